The fourth-order valence-corrected chi connectivity index (χ4v) is 3.21. The third-order valence-electron chi connectivity index (χ3n) is 4.18. The first-order chi connectivity index (χ1) is 9.77. The smallest absolute Gasteiger partial charge is 0.241 e. The minimum atomic E-state index is 0.114. The Kier molecular flexibility index (Phi) is 2.30. The normalized spacial score (nSPS) is 13.1. The Hall–Kier alpha value is -2.42. The quantitative estimate of drug-likeness (QED) is 0.570. The van der Waals surface area contributed by atoms with E-state index in [1.54, 1.807) is 0 Å². The number of aryl methyl sites for hydroxylation is 2. The predicted molar refractivity (Wildman–Crippen MR) is 78.5 cm³/mol. The highest BCUT2D eigenvalue weighted by atomic mass is 16.1. The van der Waals surface area contributed by atoms with Crippen molar-refractivity contribution in [1.82, 2.24) is 4.57 Å². The first kappa shape index (κ1) is 11.4. The number of hydrogen-bond donors (Lipinski definition) is 0. The first-order valence-corrected chi connectivity index (χ1v) is 6.87. The van der Waals surface area contributed by atoms with Crippen LogP contribution in [0.2, 0.25) is 0 Å². The van der Waals surface area contributed by atoms with E-state index in [4.69, 9.17) is 0 Å². The van der Waals surface area contributed by atoms with Crippen LogP contribution in [-0.4, -0.2) is 4.57 Å². The molecule has 0 N–H and O–H groups in total. The fraction of sp³-hybridized carbons (Fsp3) is 0.176. The Morgan fingerprint density at radius 3 is 2.70 bits per heavy atom. The van der Waals surface area contributed by atoms with Gasteiger partial charge in [-0.25, -0.2) is 9.36 Å². The van der Waals surface area contributed by atoms with Gasteiger partial charge in [0, 0.05) is 6.42 Å². The highest BCUT2D eigenvalue weighted by molar-refractivity contribution is 5.76. The molecule has 4 rings (SSSR count). The summed E-state index contributed by atoms with van der Waals surface area (Å²) in [7, 11) is 2.04. The Bertz CT molecular complexity index is 893. The molecule has 0 aliphatic carbocycles. The van der Waals surface area contributed by atoms with Crippen molar-refractivity contribution in [2.45, 2.75) is 13.0 Å². The van der Waals surface area contributed by atoms with Crippen LogP contribution in [0.15, 0.2) is 53.3 Å². The second kappa shape index (κ2) is 4.04. The molecule has 0 unspecified atom stereocenters. The third kappa shape index (κ3) is 1.40. The van der Waals surface area contributed by atoms with Gasteiger partial charge in [0.15, 0.2) is 0 Å². The van der Waals surface area contributed by atoms with E-state index in [9.17, 15) is 4.79 Å². The van der Waals surface area contributed by atoms with Crippen LogP contribution in [0.1, 0.15) is 5.56 Å². The number of hydrogen-bond acceptors (Lipinski definition) is 1. The van der Waals surface area contributed by atoms with Crippen LogP contribution in [0.25, 0.3) is 22.3 Å². The zero-order chi connectivity index (χ0) is 13.7. The number of benzene rings is 2. The molecule has 20 heavy (non-hydrogen) atoms. The van der Waals surface area contributed by atoms with Gasteiger partial charge in [0.1, 0.15) is 10.9 Å². The molecule has 0 saturated carbocycles. The maximum absolute atomic E-state index is 12.7. The maximum Gasteiger partial charge on any atom is 0.345 e. The van der Waals surface area contributed by atoms with Gasteiger partial charge >= 0.3 is 5.56 Å². The Labute approximate surface area is 116 Å². The summed E-state index contributed by atoms with van der Waals surface area (Å²) < 4.78 is 4.04. The van der Waals surface area contributed by atoms with E-state index >= 15 is 0 Å². The minimum Gasteiger partial charge on any atom is -0.241 e. The van der Waals surface area contributed by atoms with E-state index in [1.165, 1.54) is 11.1 Å². The highest BCUT2D eigenvalue weighted by Gasteiger charge is 2.28. The van der Waals surface area contributed by atoms with Crippen molar-refractivity contribution in [2.24, 2.45) is 7.05 Å². The molecule has 3 aromatic rings. The molecular formula is C17H15N2O+. The van der Waals surface area contributed by atoms with Crippen LogP contribution < -0.4 is 10.1 Å². The lowest BCUT2D eigenvalue weighted by Gasteiger charge is -2.18. The first-order valence-electron chi connectivity index (χ1n) is 6.87. The Balaban J connectivity index is 2.21. The van der Waals surface area contributed by atoms with E-state index in [-0.39, 0.29) is 5.56 Å². The van der Waals surface area contributed by atoms with E-state index in [0.717, 1.165) is 29.7 Å². The van der Waals surface area contributed by atoms with Crippen molar-refractivity contribution >= 4 is 10.9 Å². The van der Waals surface area contributed by atoms with Gasteiger partial charge in [-0.05, 0) is 23.8 Å². The second-order valence-electron chi connectivity index (χ2n) is 5.26. The number of nitrogens with zero attached hydrogens (tertiary/aromatic N) is 2. The second-order valence-corrected chi connectivity index (χ2v) is 5.26. The van der Waals surface area contributed by atoms with Crippen molar-refractivity contribution in [2.75, 3.05) is 0 Å². The molecule has 3 heteroatoms. The largest absolute Gasteiger partial charge is 0.345 e. The van der Waals surface area contributed by atoms with Crippen molar-refractivity contribution < 1.29 is 4.57 Å². The van der Waals surface area contributed by atoms with Gasteiger partial charge in [0.05, 0.1) is 19.2 Å². The van der Waals surface area contributed by atoms with Crippen molar-refractivity contribution in [3.8, 4) is 11.4 Å². The van der Waals surface area contributed by atoms with E-state index < -0.39 is 0 Å². The van der Waals surface area contributed by atoms with E-state index in [2.05, 4.69) is 22.8 Å². The van der Waals surface area contributed by atoms with Crippen LogP contribution >= 0.6 is 0 Å². The van der Waals surface area contributed by atoms with Gasteiger partial charge in [0.25, 0.3) is 5.82 Å². The van der Waals surface area contributed by atoms with Crippen molar-refractivity contribution in [3.05, 3.63) is 64.4 Å². The van der Waals surface area contributed by atoms with Gasteiger partial charge in [-0.3, -0.25) is 0 Å². The summed E-state index contributed by atoms with van der Waals surface area (Å²) in [5, 5.41) is 0.790. The lowest BCUT2D eigenvalue weighted by atomic mass is 9.99. The third-order valence-corrected chi connectivity index (χ3v) is 4.18. The fourth-order valence-electron chi connectivity index (χ4n) is 3.21. The molecule has 1 aliphatic rings. The maximum atomic E-state index is 12.7. The van der Waals surface area contributed by atoms with Crippen LogP contribution in [-0.2, 0) is 20.0 Å². The monoisotopic (exact) mass is 263 g/mol. The van der Waals surface area contributed by atoms with Crippen molar-refractivity contribution in [3.63, 3.8) is 0 Å². The molecule has 2 aromatic carbocycles. The zero-order valence-corrected chi connectivity index (χ0v) is 11.3. The van der Waals surface area contributed by atoms with Crippen LogP contribution in [0.3, 0.4) is 0 Å². The van der Waals surface area contributed by atoms with Gasteiger partial charge in [-0.2, -0.15) is 4.57 Å². The lowest BCUT2D eigenvalue weighted by Crippen LogP contribution is -2.43. The summed E-state index contributed by atoms with van der Waals surface area (Å²) in [6.45, 7) is 0.754. The molecule has 0 atom stereocenters. The molecule has 0 bridgehead atoms. The number of aromatic nitrogens is 2. The molecule has 0 amide bonds. The van der Waals surface area contributed by atoms with Gasteiger partial charge < -0.3 is 0 Å². The average Bonchev–Trinajstić information content (AvgIpc) is 2.51. The molecule has 1 aromatic heterocycles. The molecular weight excluding hydrogens is 248 g/mol. The van der Waals surface area contributed by atoms with Crippen LogP contribution in [0.4, 0.5) is 0 Å². The molecule has 0 radical (unpaired) electrons. The molecule has 1 aliphatic heterocycles. The SMILES string of the molecule is C[n+]1c2n(c(=O)c3ccccc31)CCc1ccccc1-2. The topological polar surface area (TPSA) is 25.9 Å². The van der Waals surface area contributed by atoms with Crippen molar-refractivity contribution in [1.29, 1.82) is 0 Å². The standard InChI is InChI=1S/C17H15N2O/c1-18-15-9-5-4-8-14(15)17(20)19-11-10-12-6-2-3-7-13(12)16(18)19/h2-9H,10-11H2,1H3/q+1. The molecule has 98 valence electrons. The number of para-hydroxylation sites is 1. The Morgan fingerprint density at radius 2 is 1.80 bits per heavy atom. The van der Waals surface area contributed by atoms with Gasteiger partial charge in [0.2, 0.25) is 0 Å². The number of fused-ring (bicyclic) bond motifs is 4. The molecule has 3 nitrogen and oxygen atoms in total. The summed E-state index contributed by atoms with van der Waals surface area (Å²) in [5.41, 5.74) is 3.59. The zero-order valence-electron chi connectivity index (χ0n) is 11.3. The lowest BCUT2D eigenvalue weighted by molar-refractivity contribution is -0.638. The summed E-state index contributed by atoms with van der Waals surface area (Å²) >= 11 is 0. The molecule has 2 heterocycles. The average molecular weight is 263 g/mol. The minimum absolute atomic E-state index is 0.114. The van der Waals surface area contributed by atoms with Gasteiger partial charge in [-0.15, -0.1) is 0 Å². The van der Waals surface area contributed by atoms with Crippen LogP contribution in [0.5, 0.6) is 0 Å². The summed E-state index contributed by atoms with van der Waals surface area (Å²) in [5.74, 6) is 1.01. The number of rotatable bonds is 0. The summed E-state index contributed by atoms with van der Waals surface area (Å²) in [6.07, 6.45) is 0.918. The van der Waals surface area contributed by atoms with Gasteiger partial charge in [-0.1, -0.05) is 30.3 Å². The predicted octanol–water partition coefficient (Wildman–Crippen LogP) is 2.05. The summed E-state index contributed by atoms with van der Waals surface area (Å²) in [4.78, 5) is 12.7. The van der Waals surface area contributed by atoms with E-state index in [0.29, 0.717) is 0 Å². The molecule has 0 fully saturated rings. The molecule has 0 saturated heterocycles. The van der Waals surface area contributed by atoms with Crippen LogP contribution in [0, 0.1) is 0 Å². The Morgan fingerprint density at radius 1 is 1.05 bits per heavy atom. The highest BCUT2D eigenvalue weighted by Crippen LogP contribution is 2.26. The molecule has 0 spiro atoms. The van der Waals surface area contributed by atoms with E-state index in [1.807, 2.05) is 41.9 Å². The summed E-state index contributed by atoms with van der Waals surface area (Å²) in [6, 6.07) is 16.2.